The lowest BCUT2D eigenvalue weighted by atomic mass is 10.1. The van der Waals surface area contributed by atoms with Crippen LogP contribution in [0.1, 0.15) is 23.7 Å². The molecule has 6 nitrogen and oxygen atoms in total. The highest BCUT2D eigenvalue weighted by Gasteiger charge is 2.22. The Morgan fingerprint density at radius 3 is 2.86 bits per heavy atom. The molecule has 0 unspecified atom stereocenters. The van der Waals surface area contributed by atoms with Gasteiger partial charge < -0.3 is 14.6 Å². The Balaban J connectivity index is 1.88. The van der Waals surface area contributed by atoms with Crippen molar-refractivity contribution < 1.29 is 9.53 Å². The summed E-state index contributed by atoms with van der Waals surface area (Å²) in [7, 11) is 0. The maximum absolute atomic E-state index is 12.2. The van der Waals surface area contributed by atoms with Crippen molar-refractivity contribution in [2.75, 3.05) is 26.3 Å². The van der Waals surface area contributed by atoms with Crippen LogP contribution < -0.4 is 5.69 Å². The lowest BCUT2D eigenvalue weighted by Gasteiger charge is -2.30. The van der Waals surface area contributed by atoms with Gasteiger partial charge in [-0.05, 0) is 31.5 Å². The summed E-state index contributed by atoms with van der Waals surface area (Å²) in [6.45, 7) is 5.20. The third-order valence-electron chi connectivity index (χ3n) is 3.83. The van der Waals surface area contributed by atoms with Gasteiger partial charge in [-0.15, -0.1) is 0 Å². The Hall–Kier alpha value is -2.08. The maximum atomic E-state index is 12.2. The molecule has 1 N–H and O–H groups in total. The van der Waals surface area contributed by atoms with Crippen LogP contribution >= 0.6 is 0 Å². The monoisotopic (exact) mass is 289 g/mol. The Bertz CT molecular complexity index is 713. The second kappa shape index (κ2) is 5.73. The molecule has 1 aromatic carbocycles. The van der Waals surface area contributed by atoms with Crippen LogP contribution in [0.5, 0.6) is 0 Å². The van der Waals surface area contributed by atoms with E-state index in [2.05, 4.69) is 4.98 Å². The number of nitrogens with one attached hydrogen (secondary N) is 1. The molecule has 1 aliphatic heterocycles. The summed E-state index contributed by atoms with van der Waals surface area (Å²) in [5.74, 6) is 0.0334. The van der Waals surface area contributed by atoms with E-state index < -0.39 is 0 Å². The van der Waals surface area contributed by atoms with Crippen molar-refractivity contribution in [2.24, 2.45) is 0 Å². The number of benzene rings is 1. The van der Waals surface area contributed by atoms with Gasteiger partial charge in [0.05, 0.1) is 24.2 Å². The molecule has 1 aromatic heterocycles. The number of aromatic nitrogens is 2. The fourth-order valence-electron chi connectivity index (χ4n) is 2.52. The highest BCUT2D eigenvalue weighted by molar-refractivity contribution is 5.97. The van der Waals surface area contributed by atoms with Gasteiger partial charge in [0.25, 0.3) is 5.91 Å². The average molecular weight is 289 g/mol. The Kier molecular flexibility index (Phi) is 3.79. The zero-order chi connectivity index (χ0) is 14.8. The standard InChI is InChI=1S/C15H19N3O3/c1-2-21-9-8-18-13-5-4-11(10-12(13)16-15(18)20)14(19)17-6-3-7-17/h4-5,10H,2-3,6-9H2,1H3,(H,16,20). The molecule has 0 aliphatic carbocycles. The second-order valence-corrected chi connectivity index (χ2v) is 5.16. The first-order valence-electron chi connectivity index (χ1n) is 7.30. The van der Waals surface area contributed by atoms with Crippen molar-refractivity contribution in [3.05, 3.63) is 34.2 Å². The van der Waals surface area contributed by atoms with Gasteiger partial charge in [0.1, 0.15) is 0 Å². The van der Waals surface area contributed by atoms with Crippen LogP contribution in [-0.2, 0) is 11.3 Å². The Morgan fingerprint density at radius 2 is 2.19 bits per heavy atom. The minimum absolute atomic E-state index is 0.0334. The highest BCUT2D eigenvalue weighted by atomic mass is 16.5. The fraction of sp³-hybridized carbons (Fsp3) is 0.467. The number of likely N-dealkylation sites (tertiary alicyclic amines) is 1. The van der Waals surface area contributed by atoms with E-state index in [0.717, 1.165) is 25.0 Å². The molecule has 0 radical (unpaired) electrons. The van der Waals surface area contributed by atoms with Crippen LogP contribution in [0.2, 0.25) is 0 Å². The maximum Gasteiger partial charge on any atom is 0.326 e. The van der Waals surface area contributed by atoms with E-state index >= 15 is 0 Å². The predicted molar refractivity (Wildman–Crippen MR) is 79.6 cm³/mol. The molecule has 21 heavy (non-hydrogen) atoms. The molecule has 1 fully saturated rings. The van der Waals surface area contributed by atoms with E-state index in [4.69, 9.17) is 4.74 Å². The van der Waals surface area contributed by atoms with Crippen LogP contribution in [0.15, 0.2) is 23.0 Å². The lowest BCUT2D eigenvalue weighted by molar-refractivity contribution is 0.0652. The first-order chi connectivity index (χ1) is 10.2. The lowest BCUT2D eigenvalue weighted by Crippen LogP contribution is -2.41. The summed E-state index contributed by atoms with van der Waals surface area (Å²) in [5, 5.41) is 0. The summed E-state index contributed by atoms with van der Waals surface area (Å²) in [6.07, 6.45) is 1.07. The molecule has 112 valence electrons. The summed E-state index contributed by atoms with van der Waals surface area (Å²) in [6, 6.07) is 5.37. The molecule has 2 aromatic rings. The number of imidazole rings is 1. The molecule has 0 saturated carbocycles. The summed E-state index contributed by atoms with van der Waals surface area (Å²) < 4.78 is 6.93. The van der Waals surface area contributed by atoms with Crippen LogP contribution in [-0.4, -0.2) is 46.7 Å². The zero-order valence-electron chi connectivity index (χ0n) is 12.1. The summed E-state index contributed by atoms with van der Waals surface area (Å²) in [5.41, 5.74) is 1.96. The number of ether oxygens (including phenoxy) is 1. The van der Waals surface area contributed by atoms with Gasteiger partial charge in [-0.2, -0.15) is 0 Å². The minimum atomic E-state index is -0.168. The number of carbonyl (C=O) groups excluding carboxylic acids is 1. The van der Waals surface area contributed by atoms with Gasteiger partial charge in [-0.1, -0.05) is 0 Å². The number of nitrogens with zero attached hydrogens (tertiary/aromatic N) is 2. The first-order valence-corrected chi connectivity index (χ1v) is 7.30. The highest BCUT2D eigenvalue weighted by Crippen LogP contribution is 2.17. The molecule has 0 spiro atoms. The number of fused-ring (bicyclic) bond motifs is 1. The van der Waals surface area contributed by atoms with Gasteiger partial charge in [0, 0.05) is 25.3 Å². The molecule has 1 saturated heterocycles. The second-order valence-electron chi connectivity index (χ2n) is 5.16. The zero-order valence-corrected chi connectivity index (χ0v) is 12.1. The van der Waals surface area contributed by atoms with Crippen LogP contribution in [0.3, 0.4) is 0 Å². The van der Waals surface area contributed by atoms with E-state index in [0.29, 0.717) is 30.8 Å². The van der Waals surface area contributed by atoms with E-state index in [-0.39, 0.29) is 11.6 Å². The minimum Gasteiger partial charge on any atom is -0.380 e. The molecule has 2 heterocycles. The van der Waals surface area contributed by atoms with Gasteiger partial charge >= 0.3 is 5.69 Å². The van der Waals surface area contributed by atoms with Gasteiger partial charge in [0.2, 0.25) is 0 Å². The van der Waals surface area contributed by atoms with E-state index in [1.165, 1.54) is 0 Å². The third kappa shape index (κ3) is 2.58. The number of carbonyl (C=O) groups is 1. The Labute approximate surface area is 122 Å². The normalized spacial score (nSPS) is 14.4. The van der Waals surface area contributed by atoms with Gasteiger partial charge in [-0.3, -0.25) is 9.36 Å². The van der Waals surface area contributed by atoms with Crippen molar-refractivity contribution in [2.45, 2.75) is 19.9 Å². The number of hydrogen-bond donors (Lipinski definition) is 1. The van der Waals surface area contributed by atoms with Crippen LogP contribution in [0.4, 0.5) is 0 Å². The van der Waals surface area contributed by atoms with Gasteiger partial charge in [-0.25, -0.2) is 4.79 Å². The van der Waals surface area contributed by atoms with Crippen LogP contribution in [0, 0.1) is 0 Å². The number of H-pyrrole nitrogens is 1. The average Bonchev–Trinajstić information content (AvgIpc) is 2.72. The van der Waals surface area contributed by atoms with Crippen LogP contribution in [0.25, 0.3) is 11.0 Å². The number of aromatic amines is 1. The van der Waals surface area contributed by atoms with Crippen molar-refractivity contribution in [1.82, 2.24) is 14.5 Å². The largest absolute Gasteiger partial charge is 0.380 e. The molecule has 0 bridgehead atoms. The molecular formula is C15H19N3O3. The number of hydrogen-bond acceptors (Lipinski definition) is 3. The van der Waals surface area contributed by atoms with Gasteiger partial charge in [0.15, 0.2) is 0 Å². The van der Waals surface area contributed by atoms with E-state index in [9.17, 15) is 9.59 Å². The molecular weight excluding hydrogens is 270 g/mol. The first kappa shape index (κ1) is 13.9. The van der Waals surface area contributed by atoms with Crippen molar-refractivity contribution in [1.29, 1.82) is 0 Å². The van der Waals surface area contributed by atoms with E-state index in [1.807, 2.05) is 17.9 Å². The fourth-order valence-corrected chi connectivity index (χ4v) is 2.52. The van der Waals surface area contributed by atoms with Crippen molar-refractivity contribution in [3.63, 3.8) is 0 Å². The predicted octanol–water partition coefficient (Wildman–Crippen LogP) is 1.21. The molecule has 1 aliphatic rings. The molecule has 6 heteroatoms. The number of rotatable bonds is 5. The summed E-state index contributed by atoms with van der Waals surface area (Å²) >= 11 is 0. The van der Waals surface area contributed by atoms with E-state index in [1.54, 1.807) is 16.7 Å². The smallest absolute Gasteiger partial charge is 0.326 e. The van der Waals surface area contributed by atoms with Crippen molar-refractivity contribution >= 4 is 16.9 Å². The molecule has 0 atom stereocenters. The molecule has 1 amide bonds. The quantitative estimate of drug-likeness (QED) is 0.841. The summed E-state index contributed by atoms with van der Waals surface area (Å²) in [4.78, 5) is 28.8. The third-order valence-corrected chi connectivity index (χ3v) is 3.83. The SMILES string of the molecule is CCOCCn1c(=O)[nH]c2cc(C(=O)N3CCC3)ccc21. The molecule has 3 rings (SSSR count). The Morgan fingerprint density at radius 1 is 1.38 bits per heavy atom. The topological polar surface area (TPSA) is 67.3 Å². The number of amides is 1. The van der Waals surface area contributed by atoms with Crippen molar-refractivity contribution in [3.8, 4) is 0 Å².